The van der Waals surface area contributed by atoms with Gasteiger partial charge in [0.05, 0.1) is 6.61 Å². The van der Waals surface area contributed by atoms with Crippen LogP contribution in [0.1, 0.15) is 271 Å². The van der Waals surface area contributed by atoms with Gasteiger partial charge < -0.3 is 14.6 Å². The monoisotopic (exact) mass is 763 g/mol. The van der Waals surface area contributed by atoms with Gasteiger partial charge in [0.25, 0.3) is 0 Å². The van der Waals surface area contributed by atoms with Crippen LogP contribution in [-0.4, -0.2) is 36.4 Å². The number of esters is 2. The van der Waals surface area contributed by atoms with Gasteiger partial charge in [-0.25, -0.2) is 0 Å². The lowest BCUT2D eigenvalue weighted by atomic mass is 10.0. The minimum Gasteiger partial charge on any atom is -0.462 e. The standard InChI is InChI=1S/C49H94O5/c1-3-5-7-9-11-13-15-17-19-21-23-24-26-27-29-31-33-35-37-39-41-43-48(51)53-46-47(45-50)54-49(52)44-42-40-38-36-34-32-30-28-25-22-20-18-16-14-12-10-8-6-4-2/h18,20,47,50H,3-17,19,21-46H2,1-2H3/b20-18-. The largest absolute Gasteiger partial charge is 0.462 e. The first-order valence-electron chi connectivity index (χ1n) is 24.2. The van der Waals surface area contributed by atoms with E-state index in [2.05, 4.69) is 26.0 Å². The summed E-state index contributed by atoms with van der Waals surface area (Å²) in [6.45, 7) is 4.18. The Morgan fingerprint density at radius 1 is 0.407 bits per heavy atom. The number of hydrogen-bond donors (Lipinski definition) is 1. The van der Waals surface area contributed by atoms with Crippen molar-refractivity contribution in [3.05, 3.63) is 12.2 Å². The van der Waals surface area contributed by atoms with Gasteiger partial charge in [0.2, 0.25) is 0 Å². The molecular formula is C49H94O5. The molecule has 1 atom stereocenters. The number of unbranched alkanes of at least 4 members (excludes halogenated alkanes) is 35. The van der Waals surface area contributed by atoms with Crippen LogP contribution in [0.25, 0.3) is 0 Å². The zero-order valence-electron chi connectivity index (χ0n) is 36.5. The molecule has 0 aromatic carbocycles. The van der Waals surface area contributed by atoms with Crippen molar-refractivity contribution in [2.45, 2.75) is 277 Å². The first-order chi connectivity index (χ1) is 26.6. The van der Waals surface area contributed by atoms with E-state index in [4.69, 9.17) is 9.47 Å². The molecule has 0 saturated heterocycles. The Hall–Kier alpha value is -1.36. The molecule has 0 aromatic rings. The molecule has 0 amide bonds. The molecule has 320 valence electrons. The number of ether oxygens (including phenoxy) is 2. The second-order valence-corrected chi connectivity index (χ2v) is 16.5. The zero-order valence-corrected chi connectivity index (χ0v) is 36.5. The van der Waals surface area contributed by atoms with Crippen LogP contribution in [0.5, 0.6) is 0 Å². The molecule has 0 rings (SSSR count). The van der Waals surface area contributed by atoms with E-state index in [0.717, 1.165) is 32.1 Å². The van der Waals surface area contributed by atoms with E-state index in [9.17, 15) is 14.7 Å². The normalized spacial score (nSPS) is 12.1. The highest BCUT2D eigenvalue weighted by Crippen LogP contribution is 2.16. The van der Waals surface area contributed by atoms with Gasteiger partial charge in [-0.15, -0.1) is 0 Å². The number of allylic oxidation sites excluding steroid dienone is 2. The Labute approximate surface area is 337 Å². The lowest BCUT2D eigenvalue weighted by Crippen LogP contribution is -2.28. The van der Waals surface area contributed by atoms with Crippen molar-refractivity contribution in [1.29, 1.82) is 0 Å². The van der Waals surface area contributed by atoms with E-state index in [0.29, 0.717) is 12.8 Å². The van der Waals surface area contributed by atoms with Crippen LogP contribution in [0.15, 0.2) is 12.2 Å². The van der Waals surface area contributed by atoms with Crippen LogP contribution in [0.4, 0.5) is 0 Å². The number of aliphatic hydroxyl groups is 1. The van der Waals surface area contributed by atoms with Gasteiger partial charge in [-0.2, -0.15) is 0 Å². The van der Waals surface area contributed by atoms with Crippen LogP contribution in [0.3, 0.4) is 0 Å². The third-order valence-corrected chi connectivity index (χ3v) is 11.1. The maximum atomic E-state index is 12.2. The average molecular weight is 763 g/mol. The first kappa shape index (κ1) is 52.6. The van der Waals surface area contributed by atoms with Crippen LogP contribution in [0.2, 0.25) is 0 Å². The smallest absolute Gasteiger partial charge is 0.306 e. The van der Waals surface area contributed by atoms with E-state index in [1.165, 1.54) is 212 Å². The van der Waals surface area contributed by atoms with E-state index in [1.807, 2.05) is 0 Å². The molecule has 0 aromatic heterocycles. The molecule has 1 N–H and O–H groups in total. The maximum absolute atomic E-state index is 12.2. The molecule has 0 heterocycles. The Morgan fingerprint density at radius 2 is 0.685 bits per heavy atom. The van der Waals surface area contributed by atoms with Crippen molar-refractivity contribution in [2.75, 3.05) is 13.2 Å². The molecule has 0 radical (unpaired) electrons. The summed E-state index contributed by atoms with van der Waals surface area (Å²) in [7, 11) is 0. The highest BCUT2D eigenvalue weighted by molar-refractivity contribution is 5.70. The van der Waals surface area contributed by atoms with E-state index >= 15 is 0 Å². The summed E-state index contributed by atoms with van der Waals surface area (Å²) in [5.41, 5.74) is 0. The summed E-state index contributed by atoms with van der Waals surface area (Å²) < 4.78 is 10.7. The van der Waals surface area contributed by atoms with Crippen molar-refractivity contribution in [3.8, 4) is 0 Å². The molecule has 5 nitrogen and oxygen atoms in total. The second kappa shape index (κ2) is 46.0. The minimum atomic E-state index is -0.767. The quantitative estimate of drug-likeness (QED) is 0.0380. The third-order valence-electron chi connectivity index (χ3n) is 11.1. The van der Waals surface area contributed by atoms with Gasteiger partial charge in [0.1, 0.15) is 6.61 Å². The van der Waals surface area contributed by atoms with Crippen molar-refractivity contribution in [2.24, 2.45) is 0 Å². The van der Waals surface area contributed by atoms with E-state index in [-0.39, 0.29) is 25.2 Å². The molecule has 54 heavy (non-hydrogen) atoms. The van der Waals surface area contributed by atoms with Crippen LogP contribution in [-0.2, 0) is 19.1 Å². The highest BCUT2D eigenvalue weighted by atomic mass is 16.6. The van der Waals surface area contributed by atoms with E-state index < -0.39 is 6.10 Å². The third kappa shape index (κ3) is 43.4. The Morgan fingerprint density at radius 3 is 1.00 bits per heavy atom. The Bertz CT molecular complexity index is 780. The fourth-order valence-electron chi connectivity index (χ4n) is 7.38. The van der Waals surface area contributed by atoms with Gasteiger partial charge in [-0.3, -0.25) is 9.59 Å². The lowest BCUT2D eigenvalue weighted by molar-refractivity contribution is -0.161. The summed E-state index contributed by atoms with van der Waals surface area (Å²) >= 11 is 0. The van der Waals surface area contributed by atoms with Crippen LogP contribution in [0, 0.1) is 0 Å². The predicted molar refractivity (Wildman–Crippen MR) is 233 cm³/mol. The molecule has 0 aliphatic carbocycles. The van der Waals surface area contributed by atoms with Crippen molar-refractivity contribution < 1.29 is 24.2 Å². The predicted octanol–water partition coefficient (Wildman–Crippen LogP) is 15.6. The molecule has 0 bridgehead atoms. The topological polar surface area (TPSA) is 72.8 Å². The van der Waals surface area contributed by atoms with Gasteiger partial charge in [-0.05, 0) is 38.5 Å². The summed E-state index contributed by atoms with van der Waals surface area (Å²) in [5.74, 6) is -0.576. The second-order valence-electron chi connectivity index (χ2n) is 16.5. The Kier molecular flexibility index (Phi) is 44.9. The molecule has 0 fully saturated rings. The molecule has 0 aliphatic heterocycles. The zero-order chi connectivity index (χ0) is 39.3. The van der Waals surface area contributed by atoms with Crippen molar-refractivity contribution in [1.82, 2.24) is 0 Å². The average Bonchev–Trinajstić information content (AvgIpc) is 3.17. The summed E-state index contributed by atoms with van der Waals surface area (Å²) in [6, 6.07) is 0. The molecule has 5 heteroatoms. The number of hydrogen-bond acceptors (Lipinski definition) is 5. The van der Waals surface area contributed by atoms with Gasteiger partial charge in [0, 0.05) is 12.8 Å². The summed E-state index contributed by atoms with van der Waals surface area (Å²) in [5, 5.41) is 9.61. The molecular weight excluding hydrogens is 669 g/mol. The molecule has 1 unspecified atom stereocenters. The van der Waals surface area contributed by atoms with Gasteiger partial charge in [0.15, 0.2) is 6.10 Å². The van der Waals surface area contributed by atoms with Gasteiger partial charge in [-0.1, -0.05) is 231 Å². The first-order valence-corrected chi connectivity index (χ1v) is 24.2. The van der Waals surface area contributed by atoms with Crippen LogP contribution < -0.4 is 0 Å². The number of aliphatic hydroxyl groups excluding tert-OH is 1. The van der Waals surface area contributed by atoms with Crippen molar-refractivity contribution in [3.63, 3.8) is 0 Å². The summed E-state index contributed by atoms with van der Waals surface area (Å²) in [4.78, 5) is 24.4. The van der Waals surface area contributed by atoms with E-state index in [1.54, 1.807) is 0 Å². The molecule has 0 saturated carbocycles. The van der Waals surface area contributed by atoms with Crippen molar-refractivity contribution >= 4 is 11.9 Å². The SMILES string of the molecule is CCCCCCCC/C=C\CCCCCCCCCCCC(=O)OC(CO)COC(=O)CCCCCCCCCCCCCCCCCCCCCCC. The van der Waals surface area contributed by atoms with Gasteiger partial charge >= 0.3 is 11.9 Å². The lowest BCUT2D eigenvalue weighted by Gasteiger charge is -2.15. The number of carbonyl (C=O) groups excluding carboxylic acids is 2. The fraction of sp³-hybridized carbons (Fsp3) is 0.918. The summed E-state index contributed by atoms with van der Waals surface area (Å²) in [6.07, 6.45) is 54.4. The molecule has 0 aliphatic rings. The minimum absolute atomic E-state index is 0.0597. The number of rotatable bonds is 45. The molecule has 0 spiro atoms. The van der Waals surface area contributed by atoms with Crippen LogP contribution >= 0.6 is 0 Å². The Balaban J connectivity index is 3.46. The fourth-order valence-corrected chi connectivity index (χ4v) is 7.38. The maximum Gasteiger partial charge on any atom is 0.306 e. The number of carbonyl (C=O) groups is 2. The highest BCUT2D eigenvalue weighted by Gasteiger charge is 2.16.